The summed E-state index contributed by atoms with van der Waals surface area (Å²) in [5, 5.41) is 8.12. The first-order chi connectivity index (χ1) is 9.98. The molecule has 0 fully saturated rings. The maximum Gasteiger partial charge on any atom is 0.240 e. The predicted molar refractivity (Wildman–Crippen MR) is 82.7 cm³/mol. The average molecular weight is 307 g/mol. The quantitative estimate of drug-likeness (QED) is 0.552. The molecule has 7 heteroatoms. The van der Waals surface area contributed by atoms with Gasteiger partial charge in [0.15, 0.2) is 0 Å². The SMILES string of the molecule is Nc1c(NCCOc2ccccc2)cccc1S(N)(=O)=O. The molecule has 6 nitrogen and oxygen atoms in total. The molecule has 0 unspecified atom stereocenters. The lowest BCUT2D eigenvalue weighted by Crippen LogP contribution is -2.17. The Bertz CT molecular complexity index is 703. The van der Waals surface area contributed by atoms with Crippen LogP contribution in [0.1, 0.15) is 0 Å². The Morgan fingerprint density at radius 3 is 2.43 bits per heavy atom. The average Bonchev–Trinajstić information content (AvgIpc) is 2.45. The number of anilines is 2. The van der Waals surface area contributed by atoms with E-state index in [9.17, 15) is 8.42 Å². The molecule has 0 bridgehead atoms. The minimum absolute atomic E-state index is 0.0866. The molecule has 0 amide bonds. The molecular formula is C14H17N3O3S. The van der Waals surface area contributed by atoms with Crippen molar-refractivity contribution >= 4 is 21.4 Å². The number of nitrogens with one attached hydrogen (secondary N) is 1. The number of primary sulfonamides is 1. The van der Waals surface area contributed by atoms with Gasteiger partial charge in [0.05, 0.1) is 11.4 Å². The number of para-hydroxylation sites is 2. The molecule has 0 heterocycles. The highest BCUT2D eigenvalue weighted by Crippen LogP contribution is 2.25. The van der Waals surface area contributed by atoms with Gasteiger partial charge in [-0.1, -0.05) is 24.3 Å². The number of nitrogens with two attached hydrogens (primary N) is 2. The highest BCUT2D eigenvalue weighted by molar-refractivity contribution is 7.89. The standard InChI is InChI=1S/C14H17N3O3S/c15-14-12(7-4-8-13(14)21(16,18)19)17-9-10-20-11-5-2-1-3-6-11/h1-8,17H,9-10,15H2,(H2,16,18,19). The Labute approximate surface area is 123 Å². The lowest BCUT2D eigenvalue weighted by atomic mass is 10.2. The lowest BCUT2D eigenvalue weighted by molar-refractivity contribution is 0.333. The van der Waals surface area contributed by atoms with Crippen LogP contribution < -0.4 is 20.9 Å². The zero-order valence-electron chi connectivity index (χ0n) is 11.3. The number of ether oxygens (including phenoxy) is 1. The summed E-state index contributed by atoms with van der Waals surface area (Å²) in [7, 11) is -3.83. The van der Waals surface area contributed by atoms with Crippen molar-refractivity contribution in [2.24, 2.45) is 5.14 Å². The van der Waals surface area contributed by atoms with Gasteiger partial charge >= 0.3 is 0 Å². The van der Waals surface area contributed by atoms with Crippen molar-refractivity contribution in [1.82, 2.24) is 0 Å². The number of nitrogen functional groups attached to an aromatic ring is 1. The van der Waals surface area contributed by atoms with Crippen LogP contribution in [0.15, 0.2) is 53.4 Å². The van der Waals surface area contributed by atoms with E-state index in [1.165, 1.54) is 6.07 Å². The Morgan fingerprint density at radius 2 is 1.76 bits per heavy atom. The minimum Gasteiger partial charge on any atom is -0.492 e. The van der Waals surface area contributed by atoms with Crippen LogP contribution in [0.3, 0.4) is 0 Å². The molecule has 21 heavy (non-hydrogen) atoms. The molecule has 0 aliphatic carbocycles. The lowest BCUT2D eigenvalue weighted by Gasteiger charge is -2.12. The molecule has 0 radical (unpaired) electrons. The Balaban J connectivity index is 1.95. The van der Waals surface area contributed by atoms with E-state index in [0.29, 0.717) is 18.8 Å². The van der Waals surface area contributed by atoms with E-state index in [1.807, 2.05) is 30.3 Å². The molecule has 0 saturated heterocycles. The Morgan fingerprint density at radius 1 is 1.05 bits per heavy atom. The third-order valence-corrected chi connectivity index (χ3v) is 3.77. The van der Waals surface area contributed by atoms with Gasteiger partial charge in [0.1, 0.15) is 17.3 Å². The van der Waals surface area contributed by atoms with Gasteiger partial charge < -0.3 is 15.8 Å². The van der Waals surface area contributed by atoms with Crippen molar-refractivity contribution in [1.29, 1.82) is 0 Å². The van der Waals surface area contributed by atoms with Crippen LogP contribution >= 0.6 is 0 Å². The van der Waals surface area contributed by atoms with E-state index >= 15 is 0 Å². The Kier molecular flexibility index (Phi) is 4.66. The van der Waals surface area contributed by atoms with Gasteiger partial charge in [0, 0.05) is 6.54 Å². The van der Waals surface area contributed by atoms with Crippen LogP contribution in [0.5, 0.6) is 5.75 Å². The molecule has 0 aliphatic rings. The third-order valence-electron chi connectivity index (χ3n) is 2.80. The van der Waals surface area contributed by atoms with Gasteiger partial charge in [-0.2, -0.15) is 0 Å². The molecule has 0 spiro atoms. The van der Waals surface area contributed by atoms with Crippen LogP contribution in [-0.2, 0) is 10.0 Å². The highest BCUT2D eigenvalue weighted by atomic mass is 32.2. The number of sulfonamides is 1. The fraction of sp³-hybridized carbons (Fsp3) is 0.143. The highest BCUT2D eigenvalue weighted by Gasteiger charge is 2.14. The summed E-state index contributed by atoms with van der Waals surface area (Å²) in [6, 6.07) is 14.0. The zero-order chi connectivity index (χ0) is 15.3. The molecule has 0 atom stereocenters. The maximum absolute atomic E-state index is 11.4. The molecule has 2 aromatic rings. The van der Waals surface area contributed by atoms with E-state index in [4.69, 9.17) is 15.6 Å². The number of benzene rings is 2. The van der Waals surface area contributed by atoms with E-state index in [2.05, 4.69) is 5.32 Å². The second-order valence-corrected chi connectivity index (χ2v) is 5.88. The summed E-state index contributed by atoms with van der Waals surface area (Å²) in [6.07, 6.45) is 0. The van der Waals surface area contributed by atoms with E-state index in [-0.39, 0.29) is 10.6 Å². The fourth-order valence-corrected chi connectivity index (χ4v) is 2.50. The number of hydrogen-bond acceptors (Lipinski definition) is 5. The van der Waals surface area contributed by atoms with Crippen LogP contribution in [0.2, 0.25) is 0 Å². The van der Waals surface area contributed by atoms with Crippen LogP contribution in [0.25, 0.3) is 0 Å². The summed E-state index contributed by atoms with van der Waals surface area (Å²) in [6.45, 7) is 0.899. The van der Waals surface area contributed by atoms with Crippen molar-refractivity contribution in [3.63, 3.8) is 0 Å². The molecular weight excluding hydrogens is 290 g/mol. The van der Waals surface area contributed by atoms with Crippen molar-refractivity contribution in [3.8, 4) is 5.75 Å². The third kappa shape index (κ3) is 4.11. The molecule has 0 aromatic heterocycles. The summed E-state index contributed by atoms with van der Waals surface area (Å²) in [5.74, 6) is 0.769. The molecule has 2 rings (SSSR count). The van der Waals surface area contributed by atoms with Gasteiger partial charge in [-0.05, 0) is 24.3 Å². The first kappa shape index (κ1) is 15.1. The van der Waals surface area contributed by atoms with Gasteiger partial charge in [-0.3, -0.25) is 0 Å². The van der Waals surface area contributed by atoms with E-state index < -0.39 is 10.0 Å². The number of rotatable bonds is 6. The molecule has 0 saturated carbocycles. The molecule has 5 N–H and O–H groups in total. The fourth-order valence-electron chi connectivity index (χ4n) is 1.82. The van der Waals surface area contributed by atoms with Crippen molar-refractivity contribution in [3.05, 3.63) is 48.5 Å². The summed E-state index contributed by atoms with van der Waals surface area (Å²) >= 11 is 0. The smallest absolute Gasteiger partial charge is 0.240 e. The van der Waals surface area contributed by atoms with Crippen molar-refractivity contribution in [2.45, 2.75) is 4.90 Å². The Hall–Kier alpha value is -2.25. The van der Waals surface area contributed by atoms with Crippen LogP contribution in [0, 0.1) is 0 Å². The minimum atomic E-state index is -3.83. The van der Waals surface area contributed by atoms with Crippen LogP contribution in [0.4, 0.5) is 11.4 Å². The van der Waals surface area contributed by atoms with Gasteiger partial charge in [0.25, 0.3) is 0 Å². The first-order valence-electron chi connectivity index (χ1n) is 6.31. The zero-order valence-corrected chi connectivity index (χ0v) is 12.1. The van der Waals surface area contributed by atoms with Gasteiger partial charge in [-0.25, -0.2) is 13.6 Å². The first-order valence-corrected chi connectivity index (χ1v) is 7.86. The van der Waals surface area contributed by atoms with Gasteiger partial charge in [-0.15, -0.1) is 0 Å². The summed E-state index contributed by atoms with van der Waals surface area (Å²) in [5.41, 5.74) is 6.42. The molecule has 2 aromatic carbocycles. The summed E-state index contributed by atoms with van der Waals surface area (Å²) < 4.78 is 28.3. The second kappa shape index (κ2) is 6.47. The topological polar surface area (TPSA) is 107 Å². The molecule has 0 aliphatic heterocycles. The summed E-state index contributed by atoms with van der Waals surface area (Å²) in [4.78, 5) is -0.0866. The maximum atomic E-state index is 11.4. The number of hydrogen-bond donors (Lipinski definition) is 3. The van der Waals surface area contributed by atoms with Crippen molar-refractivity contribution < 1.29 is 13.2 Å². The normalized spacial score (nSPS) is 11.1. The van der Waals surface area contributed by atoms with Crippen molar-refractivity contribution in [2.75, 3.05) is 24.2 Å². The molecule has 112 valence electrons. The predicted octanol–water partition coefficient (Wildman–Crippen LogP) is 1.41. The van der Waals surface area contributed by atoms with Gasteiger partial charge in [0.2, 0.25) is 10.0 Å². The van der Waals surface area contributed by atoms with E-state index in [1.54, 1.807) is 12.1 Å². The second-order valence-electron chi connectivity index (χ2n) is 4.35. The van der Waals surface area contributed by atoms with E-state index in [0.717, 1.165) is 5.75 Å². The largest absolute Gasteiger partial charge is 0.492 e. The monoisotopic (exact) mass is 307 g/mol. The van der Waals surface area contributed by atoms with Crippen LogP contribution in [-0.4, -0.2) is 21.6 Å².